The van der Waals surface area contributed by atoms with Crippen LogP contribution in [-0.2, 0) is 32.0 Å². The van der Waals surface area contributed by atoms with Gasteiger partial charge in [0.2, 0.25) is 11.8 Å². The normalized spacial score (nSPS) is 12.5. The second-order valence-electron chi connectivity index (χ2n) is 6.78. The van der Waals surface area contributed by atoms with Gasteiger partial charge in [-0.15, -0.1) is 0 Å². The zero-order valence-electron chi connectivity index (χ0n) is 16.9. The van der Waals surface area contributed by atoms with E-state index in [1.807, 2.05) is 60.7 Å². The van der Waals surface area contributed by atoms with Crippen molar-refractivity contribution in [3.63, 3.8) is 0 Å². The minimum Gasteiger partial charge on any atom is -0.464 e. The molecular weight excluding hydrogens is 368 g/mol. The Kier molecular flexibility index (Phi) is 8.89. The maximum atomic E-state index is 12.9. The quantitative estimate of drug-likeness (QED) is 0.604. The average molecular weight is 396 g/mol. The third kappa shape index (κ3) is 7.78. The summed E-state index contributed by atoms with van der Waals surface area (Å²) >= 11 is 0. The molecule has 0 radical (unpaired) electrons. The summed E-state index contributed by atoms with van der Waals surface area (Å²) in [5.74, 6) is -1.19. The van der Waals surface area contributed by atoms with Crippen LogP contribution in [-0.4, -0.2) is 36.5 Å². The summed E-state index contributed by atoms with van der Waals surface area (Å²) in [5.41, 5.74) is 1.98. The number of ether oxygens (including phenoxy) is 1. The Labute approximate surface area is 171 Å². The van der Waals surface area contributed by atoms with E-state index in [1.54, 1.807) is 6.92 Å². The summed E-state index contributed by atoms with van der Waals surface area (Å²) in [6, 6.07) is 17.6. The monoisotopic (exact) mass is 396 g/mol. The van der Waals surface area contributed by atoms with Crippen molar-refractivity contribution in [3.8, 4) is 0 Å². The molecule has 2 N–H and O–H groups in total. The first kappa shape index (κ1) is 22.1. The van der Waals surface area contributed by atoms with Gasteiger partial charge in [-0.05, 0) is 30.9 Å². The van der Waals surface area contributed by atoms with Crippen molar-refractivity contribution in [2.24, 2.45) is 0 Å². The van der Waals surface area contributed by atoms with E-state index >= 15 is 0 Å². The molecule has 0 unspecified atom stereocenters. The lowest BCUT2D eigenvalue weighted by atomic mass is 10.0. The number of carbonyl (C=O) groups excluding carboxylic acids is 3. The van der Waals surface area contributed by atoms with Gasteiger partial charge in [-0.3, -0.25) is 9.59 Å². The lowest BCUT2D eigenvalue weighted by Crippen LogP contribution is -2.52. The van der Waals surface area contributed by atoms with Crippen LogP contribution in [0.4, 0.5) is 0 Å². The van der Waals surface area contributed by atoms with Gasteiger partial charge in [0.1, 0.15) is 12.1 Å². The Morgan fingerprint density at radius 3 is 2.00 bits per heavy atom. The molecule has 0 aromatic heterocycles. The van der Waals surface area contributed by atoms with Gasteiger partial charge >= 0.3 is 5.97 Å². The Morgan fingerprint density at radius 1 is 0.862 bits per heavy atom. The lowest BCUT2D eigenvalue weighted by Gasteiger charge is -2.22. The number of esters is 1. The van der Waals surface area contributed by atoms with Gasteiger partial charge in [0.05, 0.1) is 6.61 Å². The first-order valence-electron chi connectivity index (χ1n) is 9.81. The van der Waals surface area contributed by atoms with Crippen LogP contribution in [0.1, 0.15) is 31.4 Å². The van der Waals surface area contributed by atoms with Gasteiger partial charge in [0, 0.05) is 13.3 Å². The summed E-state index contributed by atoms with van der Waals surface area (Å²) in [7, 11) is 0. The number of rotatable bonds is 10. The first-order valence-corrected chi connectivity index (χ1v) is 9.81. The summed E-state index contributed by atoms with van der Waals surface area (Å²) < 4.78 is 5.13. The molecule has 6 heteroatoms. The van der Waals surface area contributed by atoms with Crippen molar-refractivity contribution in [1.82, 2.24) is 10.6 Å². The predicted octanol–water partition coefficient (Wildman–Crippen LogP) is 2.41. The van der Waals surface area contributed by atoms with Gasteiger partial charge in [-0.2, -0.15) is 0 Å². The third-order valence-electron chi connectivity index (χ3n) is 4.43. The van der Waals surface area contributed by atoms with Crippen LogP contribution >= 0.6 is 0 Å². The van der Waals surface area contributed by atoms with E-state index in [2.05, 4.69) is 10.6 Å². The van der Waals surface area contributed by atoms with Crippen molar-refractivity contribution in [2.45, 2.75) is 45.2 Å². The van der Waals surface area contributed by atoms with E-state index < -0.39 is 24.0 Å². The maximum absolute atomic E-state index is 12.9. The molecule has 29 heavy (non-hydrogen) atoms. The van der Waals surface area contributed by atoms with Crippen LogP contribution in [0.25, 0.3) is 0 Å². The lowest BCUT2D eigenvalue weighted by molar-refractivity contribution is -0.147. The maximum Gasteiger partial charge on any atom is 0.328 e. The molecule has 2 aromatic carbocycles. The van der Waals surface area contributed by atoms with Gasteiger partial charge < -0.3 is 15.4 Å². The highest BCUT2D eigenvalue weighted by Crippen LogP contribution is 2.09. The number of nitrogens with one attached hydrogen (secondary N) is 2. The standard InChI is InChI=1S/C23H28N2O4/c1-3-29-23(28)20(15-14-18-10-6-4-7-11-18)25-22(27)21(24-17(2)26)16-19-12-8-5-9-13-19/h4-13,20-21H,3,14-16H2,1-2H3,(H,24,26)(H,25,27)/t20-,21-/m0/s1. The van der Waals surface area contributed by atoms with Crippen LogP contribution < -0.4 is 10.6 Å². The van der Waals surface area contributed by atoms with E-state index in [0.29, 0.717) is 19.3 Å². The molecule has 0 heterocycles. The van der Waals surface area contributed by atoms with Crippen LogP contribution in [0.15, 0.2) is 60.7 Å². The number of amides is 2. The molecule has 0 saturated carbocycles. The van der Waals surface area contributed by atoms with E-state index in [-0.39, 0.29) is 12.5 Å². The van der Waals surface area contributed by atoms with Crippen molar-refractivity contribution in [1.29, 1.82) is 0 Å². The van der Waals surface area contributed by atoms with Crippen molar-refractivity contribution < 1.29 is 19.1 Å². The van der Waals surface area contributed by atoms with Crippen molar-refractivity contribution >= 4 is 17.8 Å². The zero-order valence-corrected chi connectivity index (χ0v) is 16.9. The fourth-order valence-electron chi connectivity index (χ4n) is 3.02. The van der Waals surface area contributed by atoms with Gasteiger partial charge in [0.25, 0.3) is 0 Å². The SMILES string of the molecule is CCOC(=O)[C@H](CCc1ccccc1)NC(=O)[C@H](Cc1ccccc1)NC(C)=O. The minimum absolute atomic E-state index is 0.232. The smallest absolute Gasteiger partial charge is 0.328 e. The molecule has 0 aliphatic carbocycles. The molecule has 0 fully saturated rings. The second kappa shape index (κ2) is 11.6. The van der Waals surface area contributed by atoms with Crippen molar-refractivity contribution in [3.05, 3.63) is 71.8 Å². The molecule has 2 atom stereocenters. The summed E-state index contributed by atoms with van der Waals surface area (Å²) in [4.78, 5) is 36.9. The fourth-order valence-corrected chi connectivity index (χ4v) is 3.02. The Hall–Kier alpha value is -3.15. The Balaban J connectivity index is 2.08. The molecule has 6 nitrogen and oxygen atoms in total. The molecule has 0 saturated heterocycles. The summed E-state index contributed by atoms with van der Waals surface area (Å²) in [6.07, 6.45) is 1.36. The van der Waals surface area contributed by atoms with Crippen LogP contribution in [0.5, 0.6) is 0 Å². The predicted molar refractivity (Wildman–Crippen MR) is 111 cm³/mol. The highest BCUT2D eigenvalue weighted by atomic mass is 16.5. The second-order valence-corrected chi connectivity index (χ2v) is 6.78. The minimum atomic E-state index is -0.783. The highest BCUT2D eigenvalue weighted by Gasteiger charge is 2.27. The molecule has 2 amide bonds. The van der Waals surface area contributed by atoms with Gasteiger partial charge in [-0.1, -0.05) is 60.7 Å². The molecule has 0 spiro atoms. The van der Waals surface area contributed by atoms with Crippen LogP contribution in [0, 0.1) is 0 Å². The third-order valence-corrected chi connectivity index (χ3v) is 4.43. The molecular formula is C23H28N2O4. The largest absolute Gasteiger partial charge is 0.464 e. The average Bonchev–Trinajstić information content (AvgIpc) is 2.71. The number of carbonyl (C=O) groups is 3. The van der Waals surface area contributed by atoms with Crippen LogP contribution in [0.3, 0.4) is 0 Å². The fraction of sp³-hybridized carbons (Fsp3) is 0.348. The van der Waals surface area contributed by atoms with E-state index in [9.17, 15) is 14.4 Å². The van der Waals surface area contributed by atoms with E-state index in [0.717, 1.165) is 11.1 Å². The Morgan fingerprint density at radius 2 is 1.45 bits per heavy atom. The number of hydrogen-bond acceptors (Lipinski definition) is 4. The number of benzene rings is 2. The first-order chi connectivity index (χ1) is 14.0. The topological polar surface area (TPSA) is 84.5 Å². The molecule has 0 aliphatic rings. The summed E-state index contributed by atoms with van der Waals surface area (Å²) in [5, 5.41) is 5.44. The molecule has 154 valence electrons. The zero-order chi connectivity index (χ0) is 21.1. The van der Waals surface area contributed by atoms with Gasteiger partial charge in [0.15, 0.2) is 0 Å². The van der Waals surface area contributed by atoms with Crippen molar-refractivity contribution in [2.75, 3.05) is 6.61 Å². The Bertz CT molecular complexity index is 793. The van der Waals surface area contributed by atoms with Gasteiger partial charge in [-0.25, -0.2) is 4.79 Å². The molecule has 0 aliphatic heterocycles. The van der Waals surface area contributed by atoms with E-state index in [1.165, 1.54) is 6.92 Å². The number of aryl methyl sites for hydroxylation is 1. The molecule has 2 aromatic rings. The molecule has 0 bridgehead atoms. The number of hydrogen-bond donors (Lipinski definition) is 2. The van der Waals surface area contributed by atoms with Crippen LogP contribution in [0.2, 0.25) is 0 Å². The summed E-state index contributed by atoms with van der Waals surface area (Å²) in [6.45, 7) is 3.32. The highest BCUT2D eigenvalue weighted by molar-refractivity contribution is 5.90. The molecule has 2 rings (SSSR count). The van der Waals surface area contributed by atoms with E-state index in [4.69, 9.17) is 4.74 Å².